The van der Waals surface area contributed by atoms with Crippen LogP contribution in [0.25, 0.3) is 0 Å². The molecule has 0 saturated carbocycles. The van der Waals surface area contributed by atoms with Crippen molar-refractivity contribution < 1.29 is 23.8 Å². The van der Waals surface area contributed by atoms with Crippen molar-refractivity contribution in [3.05, 3.63) is 47.8 Å². The van der Waals surface area contributed by atoms with Gasteiger partial charge in [0, 0.05) is 0 Å². The molecule has 0 aliphatic carbocycles. The lowest BCUT2D eigenvalue weighted by Crippen LogP contribution is -2.40. The Kier molecular flexibility index (Phi) is 6.95. The van der Waals surface area contributed by atoms with Gasteiger partial charge in [0.05, 0.1) is 12.0 Å². The van der Waals surface area contributed by atoms with Gasteiger partial charge in [0.2, 0.25) is 0 Å². The molecule has 1 amide bonds. The smallest absolute Gasteiger partial charge is 0.408 e. The number of rotatable bonds is 6. The molecule has 0 aliphatic rings. The molecule has 6 heteroatoms. The van der Waals surface area contributed by atoms with Crippen molar-refractivity contribution in [3.63, 3.8) is 0 Å². The van der Waals surface area contributed by atoms with Gasteiger partial charge >= 0.3 is 12.1 Å². The molecular formula is C18H24FNO4. The average Bonchev–Trinajstić information content (AvgIpc) is 2.45. The molecule has 0 bridgehead atoms. The number of carbonyl (C=O) groups is 2. The minimum Gasteiger partial charge on any atom is -0.481 e. The zero-order valence-electron chi connectivity index (χ0n) is 14.4. The second-order valence-electron chi connectivity index (χ2n) is 6.57. The van der Waals surface area contributed by atoms with E-state index in [2.05, 4.69) is 5.32 Å². The summed E-state index contributed by atoms with van der Waals surface area (Å²) >= 11 is 0. The predicted molar refractivity (Wildman–Crippen MR) is 89.3 cm³/mol. The van der Waals surface area contributed by atoms with Crippen molar-refractivity contribution in [2.75, 3.05) is 0 Å². The van der Waals surface area contributed by atoms with Gasteiger partial charge in [0.25, 0.3) is 0 Å². The number of hydrogen-bond acceptors (Lipinski definition) is 3. The standard InChI is InChI=1S/C18H24FNO4/c1-12(16(21)22)10-14(19)15(11-13-8-6-5-7-9-13)20-17(23)24-18(2,3)4/h5-10,12,15H,11H2,1-4H3,(H,20,23)(H,21,22)/b14-10-/t12-,15+/m1/s1. The van der Waals surface area contributed by atoms with Crippen molar-refractivity contribution in [1.82, 2.24) is 5.32 Å². The summed E-state index contributed by atoms with van der Waals surface area (Å²) in [5, 5.41) is 11.4. The van der Waals surface area contributed by atoms with Crippen LogP contribution in [0.4, 0.5) is 9.18 Å². The van der Waals surface area contributed by atoms with Crippen LogP contribution in [-0.4, -0.2) is 28.8 Å². The molecule has 0 radical (unpaired) electrons. The molecule has 1 aromatic rings. The highest BCUT2D eigenvalue weighted by Crippen LogP contribution is 2.16. The Labute approximate surface area is 141 Å². The third kappa shape index (κ3) is 7.26. The monoisotopic (exact) mass is 337 g/mol. The quantitative estimate of drug-likeness (QED) is 0.830. The number of alkyl carbamates (subject to hydrolysis) is 1. The number of carbonyl (C=O) groups excluding carboxylic acids is 1. The molecule has 132 valence electrons. The largest absolute Gasteiger partial charge is 0.481 e. The Balaban J connectivity index is 2.94. The topological polar surface area (TPSA) is 75.6 Å². The number of nitrogens with one attached hydrogen (secondary N) is 1. The second-order valence-corrected chi connectivity index (χ2v) is 6.57. The summed E-state index contributed by atoms with van der Waals surface area (Å²) in [5.74, 6) is -2.84. The summed E-state index contributed by atoms with van der Waals surface area (Å²) in [6.07, 6.45) is 0.428. The number of benzene rings is 1. The molecule has 0 heterocycles. The van der Waals surface area contributed by atoms with Crippen molar-refractivity contribution in [3.8, 4) is 0 Å². The summed E-state index contributed by atoms with van der Waals surface area (Å²) in [6.45, 7) is 6.49. The number of aliphatic carboxylic acids is 1. The normalized spacial score (nSPS) is 14.6. The Hall–Kier alpha value is -2.37. The van der Waals surface area contributed by atoms with E-state index in [1.165, 1.54) is 6.92 Å². The third-order valence-corrected chi connectivity index (χ3v) is 3.11. The molecule has 1 aromatic carbocycles. The Morgan fingerprint density at radius 1 is 1.29 bits per heavy atom. The Morgan fingerprint density at radius 2 is 1.88 bits per heavy atom. The lowest BCUT2D eigenvalue weighted by Gasteiger charge is -2.23. The third-order valence-electron chi connectivity index (χ3n) is 3.11. The van der Waals surface area contributed by atoms with Gasteiger partial charge in [0.15, 0.2) is 0 Å². The first kappa shape index (κ1) is 19.7. The van der Waals surface area contributed by atoms with E-state index in [0.29, 0.717) is 0 Å². The zero-order valence-corrected chi connectivity index (χ0v) is 14.4. The highest BCUT2D eigenvalue weighted by atomic mass is 19.1. The van der Waals surface area contributed by atoms with E-state index >= 15 is 0 Å². The van der Waals surface area contributed by atoms with Gasteiger partial charge < -0.3 is 15.2 Å². The van der Waals surface area contributed by atoms with Crippen LogP contribution in [0.5, 0.6) is 0 Å². The van der Waals surface area contributed by atoms with Gasteiger partial charge in [-0.25, -0.2) is 9.18 Å². The number of amides is 1. The van der Waals surface area contributed by atoms with Crippen LogP contribution in [0.15, 0.2) is 42.2 Å². The highest BCUT2D eigenvalue weighted by molar-refractivity contribution is 5.72. The summed E-state index contributed by atoms with van der Waals surface area (Å²) in [6, 6.07) is 8.06. The maximum atomic E-state index is 14.5. The van der Waals surface area contributed by atoms with Crippen LogP contribution in [0.2, 0.25) is 0 Å². The Bertz CT molecular complexity index is 593. The lowest BCUT2D eigenvalue weighted by molar-refractivity contribution is -0.139. The molecule has 2 atom stereocenters. The summed E-state index contributed by atoms with van der Waals surface area (Å²) in [4.78, 5) is 22.8. The van der Waals surface area contributed by atoms with Crippen LogP contribution in [0.1, 0.15) is 33.3 Å². The number of halogens is 1. The number of ether oxygens (including phenoxy) is 1. The first-order chi connectivity index (χ1) is 11.1. The van der Waals surface area contributed by atoms with Gasteiger partial charge in [-0.15, -0.1) is 0 Å². The first-order valence-electron chi connectivity index (χ1n) is 7.72. The molecule has 0 spiro atoms. The number of carboxylic acid groups (broad SMARTS) is 1. The van der Waals surface area contributed by atoms with Crippen LogP contribution in [0.3, 0.4) is 0 Å². The fourth-order valence-corrected chi connectivity index (χ4v) is 1.94. The van der Waals surface area contributed by atoms with Crippen molar-refractivity contribution >= 4 is 12.1 Å². The fourth-order valence-electron chi connectivity index (χ4n) is 1.94. The van der Waals surface area contributed by atoms with Crippen molar-refractivity contribution in [2.45, 2.75) is 45.8 Å². The fraction of sp³-hybridized carbons (Fsp3) is 0.444. The van der Waals surface area contributed by atoms with E-state index in [0.717, 1.165) is 11.6 Å². The number of carboxylic acids is 1. The molecule has 24 heavy (non-hydrogen) atoms. The average molecular weight is 337 g/mol. The van der Waals surface area contributed by atoms with E-state index in [1.54, 1.807) is 45.0 Å². The van der Waals surface area contributed by atoms with Gasteiger partial charge in [-0.2, -0.15) is 0 Å². The van der Waals surface area contributed by atoms with E-state index in [-0.39, 0.29) is 6.42 Å². The van der Waals surface area contributed by atoms with Gasteiger partial charge in [-0.05, 0) is 45.8 Å². The number of hydrogen-bond donors (Lipinski definition) is 2. The van der Waals surface area contributed by atoms with E-state index in [4.69, 9.17) is 9.84 Å². The van der Waals surface area contributed by atoms with E-state index in [1.807, 2.05) is 6.07 Å². The first-order valence-corrected chi connectivity index (χ1v) is 7.72. The van der Waals surface area contributed by atoms with Crippen LogP contribution < -0.4 is 5.32 Å². The van der Waals surface area contributed by atoms with Gasteiger partial charge in [-0.3, -0.25) is 4.79 Å². The molecule has 1 rings (SSSR count). The molecule has 0 saturated heterocycles. The van der Waals surface area contributed by atoms with Crippen molar-refractivity contribution in [2.24, 2.45) is 5.92 Å². The second kappa shape index (κ2) is 8.47. The molecule has 5 nitrogen and oxygen atoms in total. The minimum atomic E-state index is -1.14. The summed E-state index contributed by atoms with van der Waals surface area (Å²) in [5.41, 5.74) is 0.0979. The molecule has 0 fully saturated rings. The zero-order chi connectivity index (χ0) is 18.3. The lowest BCUT2D eigenvalue weighted by atomic mass is 10.0. The predicted octanol–water partition coefficient (Wildman–Crippen LogP) is 3.70. The highest BCUT2D eigenvalue weighted by Gasteiger charge is 2.23. The van der Waals surface area contributed by atoms with E-state index < -0.39 is 35.5 Å². The van der Waals surface area contributed by atoms with Crippen LogP contribution in [-0.2, 0) is 16.0 Å². The molecule has 2 N–H and O–H groups in total. The van der Waals surface area contributed by atoms with Crippen LogP contribution >= 0.6 is 0 Å². The summed E-state index contributed by atoms with van der Waals surface area (Å²) < 4.78 is 19.6. The molecule has 0 unspecified atom stereocenters. The Morgan fingerprint density at radius 3 is 2.38 bits per heavy atom. The van der Waals surface area contributed by atoms with Crippen molar-refractivity contribution in [1.29, 1.82) is 0 Å². The maximum absolute atomic E-state index is 14.5. The molecule has 0 aliphatic heterocycles. The molecular weight excluding hydrogens is 313 g/mol. The summed E-state index contributed by atoms with van der Waals surface area (Å²) in [7, 11) is 0. The van der Waals surface area contributed by atoms with Gasteiger partial charge in [-0.1, -0.05) is 30.3 Å². The van der Waals surface area contributed by atoms with E-state index in [9.17, 15) is 14.0 Å². The maximum Gasteiger partial charge on any atom is 0.408 e. The SMILES string of the molecule is C[C@H](/C=C(\F)[C@H](Cc1ccccc1)NC(=O)OC(C)(C)C)C(=O)O. The molecule has 0 aromatic heterocycles. The van der Waals surface area contributed by atoms with Crippen LogP contribution in [0, 0.1) is 5.92 Å². The minimum absolute atomic E-state index is 0.189. The van der Waals surface area contributed by atoms with Gasteiger partial charge in [0.1, 0.15) is 11.4 Å².